The Balaban J connectivity index is 0.000000137. The van der Waals surface area contributed by atoms with E-state index >= 15 is 0 Å². The molecule has 6 saturated heterocycles. The zero-order chi connectivity index (χ0) is 85.4. The third kappa shape index (κ3) is 19.9. The van der Waals surface area contributed by atoms with Crippen LogP contribution in [0.5, 0.6) is 0 Å². The molecule has 3 aromatic carbocycles. The van der Waals surface area contributed by atoms with Gasteiger partial charge in [0.25, 0.3) is 28.5 Å². The number of nitrogens with zero attached hydrogens (tertiary/aromatic N) is 12. The number of carbonyl (C=O) groups is 5. The molecule has 18 rings (SSSR count). The van der Waals surface area contributed by atoms with E-state index in [4.69, 9.17) is 40.2 Å². The summed E-state index contributed by atoms with van der Waals surface area (Å²) < 4.78 is 10.6. The Labute approximate surface area is 718 Å². The predicted molar refractivity (Wildman–Crippen MR) is 467 cm³/mol. The Morgan fingerprint density at radius 2 is 0.707 bits per heavy atom. The SMILES string of the molecule is CNC(=O)/C(=N\OCC(=O)O)c1nc2ccccc2n(C2CC3CCCC(C2)N3C2CC3CCCCC(C3)C2)c1=O.COCCO/N=C(\CCC(=O)O)c1nc2ccccc2n(C2CC3CCCC(C2)N3C2CC3CCCCC(C3)C2)c1=O.NC(=O)/C(=N\OCC(=O)O)c1nc2ccccc2n(C2CC3CCCC(C2)N3C2CC3CCCCC(C3)C2)c1=O. The molecule has 29 nitrogen and oxygen atoms in total. The number of oxime groups is 3. The molecule has 12 fully saturated rings. The number of aliphatic carboxylic acids is 3. The normalized spacial score (nSPS) is 30.5. The van der Waals surface area contributed by atoms with Gasteiger partial charge in [-0.25, -0.2) is 24.5 Å². The highest BCUT2D eigenvalue weighted by atomic mass is 16.6. The quantitative estimate of drug-likeness (QED) is 0.0213. The maximum atomic E-state index is 14.3. The van der Waals surface area contributed by atoms with Crippen molar-refractivity contribution in [3.05, 3.63) is 121 Å². The van der Waals surface area contributed by atoms with E-state index in [0.717, 1.165) is 116 Å². The van der Waals surface area contributed by atoms with Crippen LogP contribution >= 0.6 is 0 Å². The average Bonchev–Trinajstić information content (AvgIpc) is 0.942. The van der Waals surface area contributed by atoms with E-state index in [1.165, 1.54) is 174 Å². The summed E-state index contributed by atoms with van der Waals surface area (Å²) >= 11 is 0. The average molecular weight is 1690 g/mol. The van der Waals surface area contributed by atoms with Crippen molar-refractivity contribution in [2.45, 2.75) is 316 Å². The van der Waals surface area contributed by atoms with E-state index in [1.807, 2.05) is 75.9 Å². The minimum absolute atomic E-state index is 0.0301. The van der Waals surface area contributed by atoms with Gasteiger partial charge in [0.05, 0.1) is 46.1 Å². The second kappa shape index (κ2) is 39.9. The number of nitrogens with one attached hydrogen (secondary N) is 1. The molecule has 12 atom stereocenters. The number of carboxylic acid groups (broad SMARTS) is 3. The molecule has 6 aliphatic carbocycles. The molecule has 29 heteroatoms. The van der Waals surface area contributed by atoms with E-state index in [9.17, 15) is 43.5 Å². The van der Waals surface area contributed by atoms with Crippen LogP contribution in [0, 0.1) is 35.5 Å². The highest BCUT2D eigenvalue weighted by Crippen LogP contribution is 2.51. The standard InChI is InChI=1S/C33H46N4O5.C31H41N5O5.C30H39N5O5/c1-41-15-16-42-35-29(13-14-31(38)39)32-33(40)37(30-12-5-4-11-28(30)34-32)27-20-24-9-6-10-25(21-27)36(24)26-18-22-7-2-3-8-23(17-22)19-26;1-32-30(39)28(34-41-18-27(37)38)29-31(40)36(26-12-5-4-11-25(26)33-29)24-16-21-9-6-10-22(17-24)35(21)23-14-19-7-2-3-8-20(13-19)15-23;31-29(38)27(33-40-17-26(36)37)28-30(39)35(25-11-4-3-10-24(25)32-28)23-15-20-8-5-9-21(16-23)34(20)22-13-18-6-1-2-7-19(12-18)14-22/h4-5,11-12,22-27H,2-3,6-10,13-21H2,1H3,(H,38,39);4-5,11-12,19-24H,2-3,6-10,13-18H2,1H3,(H,32,39)(H,37,38);3-4,10-11,18-23H,1-2,5-9,12-17H2,(H2,31,38)(H,36,37)/b35-29+;34-28-;33-27-. The van der Waals surface area contributed by atoms with Crippen molar-refractivity contribution in [3.8, 4) is 0 Å². The Kier molecular flexibility index (Phi) is 28.3. The number of methoxy groups -OCH3 is 1. The number of amides is 2. The van der Waals surface area contributed by atoms with E-state index in [0.29, 0.717) is 77.5 Å². The predicted octanol–water partition coefficient (Wildman–Crippen LogP) is 13.0. The first-order chi connectivity index (χ1) is 59.8. The van der Waals surface area contributed by atoms with Gasteiger partial charge in [0.1, 0.15) is 12.3 Å². The van der Waals surface area contributed by atoms with Crippen molar-refractivity contribution in [2.24, 2.45) is 56.7 Å². The number of fused-ring (bicyclic) bond motifs is 15. The van der Waals surface area contributed by atoms with Crippen molar-refractivity contribution in [3.63, 3.8) is 0 Å². The van der Waals surface area contributed by atoms with Gasteiger partial charge in [-0.3, -0.25) is 43.5 Å². The first-order valence-electron chi connectivity index (χ1n) is 46.4. The number of piperidine rings is 6. The van der Waals surface area contributed by atoms with Gasteiger partial charge in [0.2, 0.25) is 13.2 Å². The number of hydrogen-bond donors (Lipinski definition) is 5. The zero-order valence-electron chi connectivity index (χ0n) is 71.7. The van der Waals surface area contributed by atoms with E-state index in [1.54, 1.807) is 17.7 Å². The summed E-state index contributed by atoms with van der Waals surface area (Å²) in [6.07, 6.45) is 44.9. The Morgan fingerprint density at radius 3 is 1.03 bits per heavy atom. The molecule has 6 saturated carbocycles. The van der Waals surface area contributed by atoms with Crippen LogP contribution in [-0.4, -0.2) is 200 Å². The summed E-state index contributed by atoms with van der Waals surface area (Å²) in [6.45, 7) is -0.940. The Bertz CT molecular complexity index is 5000. The molecule has 12 aliphatic rings. The first kappa shape index (κ1) is 87.2. The number of carboxylic acids is 3. The maximum Gasteiger partial charge on any atom is 0.344 e. The first-order valence-corrected chi connectivity index (χ1v) is 46.4. The number of primary amides is 1. The number of carbonyl (C=O) groups excluding carboxylic acids is 2. The topological polar surface area (TPSA) is 372 Å². The minimum atomic E-state index is -1.26. The summed E-state index contributed by atoms with van der Waals surface area (Å²) in [5, 5.41) is 41.4. The Morgan fingerprint density at radius 1 is 0.382 bits per heavy atom. The van der Waals surface area contributed by atoms with Gasteiger partial charge in [0.15, 0.2) is 28.5 Å². The molecular weight excluding hydrogens is 1570 g/mol. The smallest absolute Gasteiger partial charge is 0.344 e. The minimum Gasteiger partial charge on any atom is -0.481 e. The molecular formula is C94H126N14O15. The number of rotatable bonds is 24. The number of para-hydroxylation sites is 6. The highest BCUT2D eigenvalue weighted by molar-refractivity contribution is 6.45. The number of nitrogens with two attached hydrogens (primary N) is 1. The van der Waals surface area contributed by atoms with Crippen molar-refractivity contribution < 1.29 is 58.5 Å². The summed E-state index contributed by atoms with van der Waals surface area (Å²) in [5.74, 6) is 0.106. The second-order valence-corrected chi connectivity index (χ2v) is 37.9. The van der Waals surface area contributed by atoms with Gasteiger partial charge in [-0.15, -0.1) is 0 Å². The van der Waals surface area contributed by atoms with Gasteiger partial charge in [-0.1, -0.05) is 148 Å². The molecule has 0 spiro atoms. The van der Waals surface area contributed by atoms with Crippen LogP contribution in [0.2, 0.25) is 0 Å². The molecule has 12 unspecified atom stereocenters. The van der Waals surface area contributed by atoms with Gasteiger partial charge in [0, 0.05) is 93.1 Å². The molecule has 6 N–H and O–H groups in total. The second-order valence-electron chi connectivity index (χ2n) is 37.9. The lowest BCUT2D eigenvalue weighted by Crippen LogP contribution is -2.58. The summed E-state index contributed by atoms with van der Waals surface area (Å²) in [5.41, 5.74) is 8.01. The number of aromatic nitrogens is 6. The fraction of sp³-hybridized carbons (Fsp3) is 0.660. The van der Waals surface area contributed by atoms with Crippen molar-refractivity contribution in [1.82, 2.24) is 48.7 Å². The fourth-order valence-corrected chi connectivity index (χ4v) is 25.5. The van der Waals surface area contributed by atoms with Crippen LogP contribution in [0.25, 0.3) is 33.1 Å². The lowest BCUT2D eigenvalue weighted by Gasteiger charge is -2.54. The number of hydrogen-bond acceptors (Lipinski definition) is 21. The summed E-state index contributed by atoms with van der Waals surface area (Å²) in [7, 11) is 3.00. The summed E-state index contributed by atoms with van der Waals surface area (Å²) in [4.78, 5) is 138. The van der Waals surface area contributed by atoms with Gasteiger partial charge < -0.3 is 59.3 Å². The lowest BCUT2D eigenvalue weighted by molar-refractivity contribution is -0.143. The Hall–Kier alpha value is -9.32. The van der Waals surface area contributed by atoms with Gasteiger partial charge >= 0.3 is 17.9 Å². The number of likely N-dealkylation sites (N-methyl/N-ethyl adjacent to an activating group) is 1. The third-order valence-corrected chi connectivity index (χ3v) is 30.0. The van der Waals surface area contributed by atoms with Crippen molar-refractivity contribution >= 4 is 80.0 Å². The number of benzene rings is 3. The molecule has 9 heterocycles. The van der Waals surface area contributed by atoms with E-state index in [2.05, 4.69) is 45.5 Å². The zero-order valence-corrected chi connectivity index (χ0v) is 71.7. The van der Waals surface area contributed by atoms with Crippen LogP contribution in [0.3, 0.4) is 0 Å². The van der Waals surface area contributed by atoms with Crippen LogP contribution in [-0.2, 0) is 43.2 Å². The van der Waals surface area contributed by atoms with Crippen LogP contribution in [0.15, 0.2) is 103 Å². The lowest BCUT2D eigenvalue weighted by atomic mass is 9.73. The van der Waals surface area contributed by atoms with Crippen LogP contribution in [0.1, 0.15) is 279 Å². The maximum absolute atomic E-state index is 14.3. The van der Waals surface area contributed by atoms with Crippen LogP contribution in [0.4, 0.5) is 0 Å². The van der Waals surface area contributed by atoms with Gasteiger partial charge in [-0.2, -0.15) is 0 Å². The number of ether oxygens (including phenoxy) is 1. The third-order valence-electron chi connectivity index (χ3n) is 30.0. The molecule has 662 valence electrons. The van der Waals surface area contributed by atoms with Crippen LogP contribution < -0.4 is 27.7 Å². The van der Waals surface area contributed by atoms with E-state index < -0.39 is 59.8 Å². The molecule has 2 amide bonds. The molecule has 12 bridgehead atoms. The molecule has 0 radical (unpaired) electrons. The molecule has 6 aromatic rings. The molecule has 6 aliphatic heterocycles. The molecule has 123 heavy (non-hydrogen) atoms. The summed E-state index contributed by atoms with van der Waals surface area (Å²) in [6, 6.07) is 27.4. The van der Waals surface area contributed by atoms with E-state index in [-0.39, 0.29) is 71.6 Å². The fourth-order valence-electron chi connectivity index (χ4n) is 25.5. The monoisotopic (exact) mass is 1690 g/mol. The largest absolute Gasteiger partial charge is 0.481 e. The van der Waals surface area contributed by atoms with Crippen molar-refractivity contribution in [2.75, 3.05) is 40.6 Å². The van der Waals surface area contributed by atoms with Crippen molar-refractivity contribution in [1.29, 1.82) is 0 Å². The molecule has 3 aromatic heterocycles. The van der Waals surface area contributed by atoms with Gasteiger partial charge in [-0.05, 0) is 207 Å². The highest BCUT2D eigenvalue weighted by Gasteiger charge is 2.50.